The molecule has 0 atom stereocenters. The molecule has 19 heavy (non-hydrogen) atoms. The van der Waals surface area contributed by atoms with E-state index in [1.807, 2.05) is 0 Å². The number of anilines is 1. The van der Waals surface area contributed by atoms with Gasteiger partial charge in [-0.1, -0.05) is 0 Å². The normalized spacial score (nSPS) is 22.2. The molecule has 0 aromatic heterocycles. The number of nitrogens with one attached hydrogen (secondary N) is 1. The summed E-state index contributed by atoms with van der Waals surface area (Å²) in [5.41, 5.74) is 0.158. The highest BCUT2D eigenvalue weighted by atomic mass is 19.1. The number of benzene rings is 1. The third kappa shape index (κ3) is 2.23. The van der Waals surface area contributed by atoms with Crippen LogP contribution in [0.5, 0.6) is 0 Å². The quantitative estimate of drug-likeness (QED) is 0.844. The summed E-state index contributed by atoms with van der Waals surface area (Å²) in [7, 11) is 0. The van der Waals surface area contributed by atoms with Gasteiger partial charge in [0.05, 0.1) is 5.69 Å². The minimum Gasteiger partial charge on any atom is -0.317 e. The average Bonchev–Trinajstić information content (AvgIpc) is 2.67. The molecule has 1 aromatic carbocycles. The molecule has 0 radical (unpaired) electrons. The van der Waals surface area contributed by atoms with Crippen LogP contribution in [0.25, 0.3) is 0 Å². The van der Waals surface area contributed by atoms with Gasteiger partial charge in [-0.15, -0.1) is 0 Å². The molecule has 1 spiro atoms. The van der Waals surface area contributed by atoms with Crippen LogP contribution in [0, 0.1) is 17.0 Å². The SMILES string of the molecule is O=C1CC2(CCNCC2)CN1c1ccc(F)cc1F. The van der Waals surface area contributed by atoms with Gasteiger partial charge in [0.15, 0.2) is 0 Å². The summed E-state index contributed by atoms with van der Waals surface area (Å²) in [6, 6.07) is 3.37. The van der Waals surface area contributed by atoms with E-state index in [-0.39, 0.29) is 17.0 Å². The first-order chi connectivity index (χ1) is 9.10. The smallest absolute Gasteiger partial charge is 0.227 e. The van der Waals surface area contributed by atoms with E-state index in [0.717, 1.165) is 32.0 Å². The molecule has 2 aliphatic rings. The van der Waals surface area contributed by atoms with E-state index in [0.29, 0.717) is 13.0 Å². The van der Waals surface area contributed by atoms with Gasteiger partial charge in [0, 0.05) is 19.0 Å². The van der Waals surface area contributed by atoms with E-state index in [1.54, 1.807) is 0 Å². The maximum absolute atomic E-state index is 13.8. The number of carbonyl (C=O) groups excluding carboxylic acids is 1. The zero-order valence-electron chi connectivity index (χ0n) is 10.6. The number of amides is 1. The molecule has 1 aromatic rings. The molecule has 0 bridgehead atoms. The van der Waals surface area contributed by atoms with Crippen LogP contribution in [-0.4, -0.2) is 25.5 Å². The van der Waals surface area contributed by atoms with Crippen molar-refractivity contribution in [2.45, 2.75) is 19.3 Å². The molecule has 1 amide bonds. The number of carbonyl (C=O) groups is 1. The first-order valence-electron chi connectivity index (χ1n) is 6.56. The third-order valence-electron chi connectivity index (χ3n) is 4.19. The van der Waals surface area contributed by atoms with Crippen molar-refractivity contribution < 1.29 is 13.6 Å². The van der Waals surface area contributed by atoms with Crippen LogP contribution in [-0.2, 0) is 4.79 Å². The predicted molar refractivity (Wildman–Crippen MR) is 67.9 cm³/mol. The van der Waals surface area contributed by atoms with Crippen LogP contribution in [0.15, 0.2) is 18.2 Å². The summed E-state index contributed by atoms with van der Waals surface area (Å²) >= 11 is 0. The van der Waals surface area contributed by atoms with Gasteiger partial charge in [0.25, 0.3) is 0 Å². The Morgan fingerprint density at radius 3 is 2.63 bits per heavy atom. The molecule has 0 unspecified atom stereocenters. The van der Waals surface area contributed by atoms with Gasteiger partial charge < -0.3 is 10.2 Å². The summed E-state index contributed by atoms with van der Waals surface area (Å²) in [6.45, 7) is 2.33. The van der Waals surface area contributed by atoms with Crippen molar-refractivity contribution in [1.82, 2.24) is 5.32 Å². The molecule has 2 fully saturated rings. The fraction of sp³-hybridized carbons (Fsp3) is 0.500. The highest BCUT2D eigenvalue weighted by Gasteiger charge is 2.44. The second kappa shape index (κ2) is 4.56. The van der Waals surface area contributed by atoms with Crippen molar-refractivity contribution in [2.24, 2.45) is 5.41 Å². The third-order valence-corrected chi connectivity index (χ3v) is 4.19. The Labute approximate surface area is 110 Å². The second-order valence-corrected chi connectivity index (χ2v) is 5.50. The maximum atomic E-state index is 13.8. The Bertz CT molecular complexity index is 512. The largest absolute Gasteiger partial charge is 0.317 e. The lowest BCUT2D eigenvalue weighted by Gasteiger charge is -2.33. The summed E-state index contributed by atoms with van der Waals surface area (Å²) in [4.78, 5) is 13.6. The summed E-state index contributed by atoms with van der Waals surface area (Å²) in [6.07, 6.45) is 2.32. The number of piperidine rings is 1. The number of hydrogen-bond acceptors (Lipinski definition) is 2. The van der Waals surface area contributed by atoms with Gasteiger partial charge in [0.1, 0.15) is 11.6 Å². The standard InChI is InChI=1S/C14H16F2N2O/c15-10-1-2-12(11(16)7-10)18-9-14(8-13(18)19)3-5-17-6-4-14/h1-2,7,17H,3-6,8-9H2. The Morgan fingerprint density at radius 2 is 1.95 bits per heavy atom. The fourth-order valence-corrected chi connectivity index (χ4v) is 3.11. The van der Waals surface area contributed by atoms with Crippen molar-refractivity contribution in [3.63, 3.8) is 0 Å². The van der Waals surface area contributed by atoms with E-state index in [9.17, 15) is 13.6 Å². The molecule has 3 nitrogen and oxygen atoms in total. The predicted octanol–water partition coefficient (Wildman–Crippen LogP) is 2.07. The highest BCUT2D eigenvalue weighted by molar-refractivity contribution is 5.96. The van der Waals surface area contributed by atoms with E-state index in [4.69, 9.17) is 0 Å². The van der Waals surface area contributed by atoms with Crippen molar-refractivity contribution >= 4 is 11.6 Å². The van der Waals surface area contributed by atoms with E-state index in [1.165, 1.54) is 17.0 Å². The molecule has 2 saturated heterocycles. The van der Waals surface area contributed by atoms with Crippen molar-refractivity contribution in [1.29, 1.82) is 0 Å². The Hall–Kier alpha value is -1.49. The van der Waals surface area contributed by atoms with Gasteiger partial charge in [-0.2, -0.15) is 0 Å². The van der Waals surface area contributed by atoms with Crippen LogP contribution >= 0.6 is 0 Å². The van der Waals surface area contributed by atoms with Gasteiger partial charge in [-0.05, 0) is 43.5 Å². The second-order valence-electron chi connectivity index (χ2n) is 5.50. The number of nitrogens with zero attached hydrogens (tertiary/aromatic N) is 1. The van der Waals surface area contributed by atoms with Crippen molar-refractivity contribution in [2.75, 3.05) is 24.5 Å². The molecule has 0 saturated carbocycles. The molecule has 0 aliphatic carbocycles. The first-order valence-corrected chi connectivity index (χ1v) is 6.56. The zero-order chi connectivity index (χ0) is 13.5. The average molecular weight is 266 g/mol. The lowest BCUT2D eigenvalue weighted by molar-refractivity contribution is -0.118. The van der Waals surface area contributed by atoms with Gasteiger partial charge in [-0.25, -0.2) is 8.78 Å². The Balaban J connectivity index is 1.87. The summed E-state index contributed by atoms with van der Waals surface area (Å²) < 4.78 is 26.7. The molecule has 2 heterocycles. The minimum absolute atomic E-state index is 0.0385. The van der Waals surface area contributed by atoms with Crippen molar-refractivity contribution in [3.05, 3.63) is 29.8 Å². The van der Waals surface area contributed by atoms with Gasteiger partial charge in [-0.3, -0.25) is 4.79 Å². The number of halogens is 2. The zero-order valence-corrected chi connectivity index (χ0v) is 10.6. The molecule has 5 heteroatoms. The minimum atomic E-state index is -0.667. The Kier molecular flexibility index (Phi) is 3.01. The Morgan fingerprint density at radius 1 is 1.21 bits per heavy atom. The summed E-state index contributed by atoms with van der Waals surface area (Å²) in [5.74, 6) is -1.35. The van der Waals surface area contributed by atoms with E-state index in [2.05, 4.69) is 5.32 Å². The fourth-order valence-electron chi connectivity index (χ4n) is 3.11. The van der Waals surface area contributed by atoms with Crippen LogP contribution in [0.1, 0.15) is 19.3 Å². The monoisotopic (exact) mass is 266 g/mol. The van der Waals surface area contributed by atoms with E-state index < -0.39 is 11.6 Å². The number of rotatable bonds is 1. The van der Waals surface area contributed by atoms with Crippen LogP contribution < -0.4 is 10.2 Å². The lowest BCUT2D eigenvalue weighted by atomic mass is 9.78. The first kappa shape index (κ1) is 12.5. The highest BCUT2D eigenvalue weighted by Crippen LogP contribution is 2.41. The van der Waals surface area contributed by atoms with E-state index >= 15 is 0 Å². The summed E-state index contributed by atoms with van der Waals surface area (Å²) in [5, 5.41) is 3.27. The van der Waals surface area contributed by atoms with Crippen LogP contribution in [0.4, 0.5) is 14.5 Å². The molecular formula is C14H16F2N2O. The number of hydrogen-bond donors (Lipinski definition) is 1. The lowest BCUT2D eigenvalue weighted by Crippen LogP contribution is -2.38. The van der Waals surface area contributed by atoms with Gasteiger partial charge in [0.2, 0.25) is 5.91 Å². The maximum Gasteiger partial charge on any atom is 0.227 e. The molecule has 2 aliphatic heterocycles. The molecule has 3 rings (SSSR count). The molecule has 1 N–H and O–H groups in total. The topological polar surface area (TPSA) is 32.3 Å². The molecule has 102 valence electrons. The molecular weight excluding hydrogens is 250 g/mol. The van der Waals surface area contributed by atoms with Crippen LogP contribution in [0.3, 0.4) is 0 Å². The van der Waals surface area contributed by atoms with Crippen LogP contribution in [0.2, 0.25) is 0 Å². The van der Waals surface area contributed by atoms with Gasteiger partial charge >= 0.3 is 0 Å². The van der Waals surface area contributed by atoms with Crippen molar-refractivity contribution in [3.8, 4) is 0 Å².